The van der Waals surface area contributed by atoms with Crippen LogP contribution in [0.2, 0.25) is 0 Å². The molecule has 0 radical (unpaired) electrons. The van der Waals surface area contributed by atoms with Crippen LogP contribution < -0.4 is 11.2 Å². The zero-order chi connectivity index (χ0) is 15.9. The second kappa shape index (κ2) is 9.37. The number of benzene rings is 1. The number of hydrogen-bond acceptors (Lipinski definition) is 3. The first kappa shape index (κ1) is 19.3. The lowest BCUT2D eigenvalue weighted by Crippen LogP contribution is -2.48. The van der Waals surface area contributed by atoms with Gasteiger partial charge in [-0.2, -0.15) is 0 Å². The summed E-state index contributed by atoms with van der Waals surface area (Å²) in [6.45, 7) is 3.97. The van der Waals surface area contributed by atoms with Crippen molar-refractivity contribution in [3.63, 3.8) is 0 Å². The first-order valence-electron chi connectivity index (χ1n) is 7.69. The monoisotopic (exact) mass is 340 g/mol. The third-order valence-electron chi connectivity index (χ3n) is 3.79. The maximum Gasteiger partial charge on any atom is 0.334 e. The zero-order valence-corrected chi connectivity index (χ0v) is 14.3. The van der Waals surface area contributed by atoms with Crippen LogP contribution in [0, 0.1) is 0 Å². The highest BCUT2D eigenvalue weighted by atomic mass is 35.5. The SMILES string of the molecule is CC(=O)NCc1ccc(CN(N)C(=O)N2CCCCC2)cc1.Cl. The molecule has 2 rings (SSSR count). The summed E-state index contributed by atoms with van der Waals surface area (Å²) in [4.78, 5) is 24.9. The summed E-state index contributed by atoms with van der Waals surface area (Å²) >= 11 is 0. The smallest absolute Gasteiger partial charge is 0.334 e. The van der Waals surface area contributed by atoms with E-state index in [-0.39, 0.29) is 24.3 Å². The average Bonchev–Trinajstić information content (AvgIpc) is 2.54. The molecule has 1 aliphatic heterocycles. The van der Waals surface area contributed by atoms with E-state index >= 15 is 0 Å². The molecule has 1 aromatic rings. The first-order valence-corrected chi connectivity index (χ1v) is 7.69. The number of nitrogens with one attached hydrogen (secondary N) is 1. The van der Waals surface area contributed by atoms with Gasteiger partial charge < -0.3 is 10.2 Å². The molecule has 0 aromatic heterocycles. The van der Waals surface area contributed by atoms with E-state index in [0.717, 1.165) is 37.1 Å². The number of nitrogens with two attached hydrogens (primary N) is 1. The minimum atomic E-state index is -0.109. The highest BCUT2D eigenvalue weighted by molar-refractivity contribution is 5.85. The maximum absolute atomic E-state index is 12.2. The van der Waals surface area contributed by atoms with E-state index < -0.39 is 0 Å². The van der Waals surface area contributed by atoms with E-state index in [4.69, 9.17) is 5.84 Å². The lowest BCUT2D eigenvalue weighted by atomic mass is 10.1. The Balaban J connectivity index is 0.00000264. The summed E-state index contributed by atoms with van der Waals surface area (Å²) in [6, 6.07) is 7.62. The number of hydrazine groups is 1. The van der Waals surface area contributed by atoms with E-state index in [1.54, 1.807) is 0 Å². The molecule has 23 heavy (non-hydrogen) atoms. The molecular weight excluding hydrogens is 316 g/mol. The normalized spacial score (nSPS) is 13.9. The van der Waals surface area contributed by atoms with Crippen molar-refractivity contribution >= 4 is 24.3 Å². The number of piperidine rings is 1. The number of urea groups is 1. The number of hydrogen-bond donors (Lipinski definition) is 2. The molecule has 3 N–H and O–H groups in total. The Labute approximate surface area is 143 Å². The van der Waals surface area contributed by atoms with Crippen LogP contribution >= 0.6 is 12.4 Å². The lowest BCUT2D eigenvalue weighted by molar-refractivity contribution is -0.119. The van der Waals surface area contributed by atoms with Crippen LogP contribution in [-0.2, 0) is 17.9 Å². The molecule has 1 saturated heterocycles. The second-order valence-corrected chi connectivity index (χ2v) is 5.68. The maximum atomic E-state index is 12.2. The number of nitrogens with zero attached hydrogens (tertiary/aromatic N) is 2. The number of amides is 3. The molecule has 0 saturated carbocycles. The van der Waals surface area contributed by atoms with Gasteiger partial charge in [0.25, 0.3) is 0 Å². The Kier molecular flexibility index (Phi) is 7.85. The van der Waals surface area contributed by atoms with Crippen molar-refractivity contribution in [2.75, 3.05) is 13.1 Å². The Morgan fingerprint density at radius 3 is 2.26 bits per heavy atom. The van der Waals surface area contributed by atoms with Crippen LogP contribution in [0.4, 0.5) is 4.79 Å². The number of carbonyl (C=O) groups is 2. The standard InChI is InChI=1S/C16H24N4O2.ClH/c1-13(21)18-11-14-5-7-15(8-6-14)12-20(17)16(22)19-9-3-2-4-10-19;/h5-8H,2-4,9-12,17H2,1H3,(H,18,21);1H. The number of halogens is 1. The molecular formula is C16H25ClN4O2. The first-order chi connectivity index (χ1) is 10.6. The van der Waals surface area contributed by atoms with Gasteiger partial charge in [0.2, 0.25) is 5.91 Å². The van der Waals surface area contributed by atoms with Crippen molar-refractivity contribution < 1.29 is 9.59 Å². The molecule has 1 aliphatic rings. The largest absolute Gasteiger partial charge is 0.352 e. The van der Waals surface area contributed by atoms with Crippen LogP contribution in [0.15, 0.2) is 24.3 Å². The summed E-state index contributed by atoms with van der Waals surface area (Å²) in [5.74, 6) is 5.85. The lowest BCUT2D eigenvalue weighted by Gasteiger charge is -2.30. The quantitative estimate of drug-likeness (QED) is 0.500. The highest BCUT2D eigenvalue weighted by Gasteiger charge is 2.20. The molecule has 0 aliphatic carbocycles. The molecule has 0 bridgehead atoms. The number of rotatable bonds is 4. The summed E-state index contributed by atoms with van der Waals surface area (Å²) < 4.78 is 0. The van der Waals surface area contributed by atoms with E-state index in [1.165, 1.54) is 18.4 Å². The van der Waals surface area contributed by atoms with Crippen LogP contribution in [0.5, 0.6) is 0 Å². The molecule has 1 aromatic carbocycles. The molecule has 1 fully saturated rings. The highest BCUT2D eigenvalue weighted by Crippen LogP contribution is 2.12. The third-order valence-corrected chi connectivity index (χ3v) is 3.79. The van der Waals surface area contributed by atoms with Gasteiger partial charge in [0.15, 0.2) is 0 Å². The molecule has 7 heteroatoms. The van der Waals surface area contributed by atoms with E-state index in [2.05, 4.69) is 5.32 Å². The Morgan fingerprint density at radius 2 is 1.70 bits per heavy atom. The fraction of sp³-hybridized carbons (Fsp3) is 0.500. The molecule has 3 amide bonds. The predicted octanol–water partition coefficient (Wildman–Crippen LogP) is 2.03. The second-order valence-electron chi connectivity index (χ2n) is 5.68. The molecule has 0 unspecified atom stereocenters. The van der Waals surface area contributed by atoms with Gasteiger partial charge in [-0.1, -0.05) is 24.3 Å². The van der Waals surface area contributed by atoms with Crippen LogP contribution in [0.25, 0.3) is 0 Å². The topological polar surface area (TPSA) is 78.7 Å². The summed E-state index contributed by atoms with van der Waals surface area (Å²) in [6.07, 6.45) is 3.29. The van der Waals surface area contributed by atoms with E-state index in [9.17, 15) is 9.59 Å². The molecule has 0 atom stereocenters. The van der Waals surface area contributed by atoms with Gasteiger partial charge in [-0.15, -0.1) is 12.4 Å². The average molecular weight is 341 g/mol. The Morgan fingerprint density at radius 1 is 1.13 bits per heavy atom. The van der Waals surface area contributed by atoms with Gasteiger partial charge in [0.05, 0.1) is 6.54 Å². The van der Waals surface area contributed by atoms with Crippen LogP contribution in [-0.4, -0.2) is 34.9 Å². The van der Waals surface area contributed by atoms with E-state index in [1.807, 2.05) is 29.2 Å². The summed E-state index contributed by atoms with van der Waals surface area (Å²) in [5, 5.41) is 4.02. The molecule has 0 spiro atoms. The Bertz CT molecular complexity index is 515. The molecule has 128 valence electrons. The van der Waals surface area contributed by atoms with Crippen LogP contribution in [0.3, 0.4) is 0 Å². The minimum absolute atomic E-state index is 0. The van der Waals surface area contributed by atoms with Crippen LogP contribution in [0.1, 0.15) is 37.3 Å². The number of carbonyl (C=O) groups excluding carboxylic acids is 2. The van der Waals surface area contributed by atoms with Crippen molar-refractivity contribution in [1.29, 1.82) is 0 Å². The fourth-order valence-corrected chi connectivity index (χ4v) is 2.52. The third kappa shape index (κ3) is 6.08. The van der Waals surface area contributed by atoms with Gasteiger partial charge in [-0.3, -0.25) is 9.80 Å². The molecule has 6 nitrogen and oxygen atoms in total. The summed E-state index contributed by atoms with van der Waals surface area (Å²) in [5.41, 5.74) is 1.99. The zero-order valence-electron chi connectivity index (χ0n) is 13.5. The predicted molar refractivity (Wildman–Crippen MR) is 91.8 cm³/mol. The van der Waals surface area contributed by atoms with E-state index in [0.29, 0.717) is 13.1 Å². The van der Waals surface area contributed by atoms with Crippen molar-refractivity contribution in [3.8, 4) is 0 Å². The Hall–Kier alpha value is -1.79. The minimum Gasteiger partial charge on any atom is -0.352 e. The van der Waals surface area contributed by atoms with Crippen molar-refractivity contribution in [1.82, 2.24) is 15.2 Å². The van der Waals surface area contributed by atoms with Gasteiger partial charge in [0, 0.05) is 26.6 Å². The molecule has 1 heterocycles. The van der Waals surface area contributed by atoms with Crippen molar-refractivity contribution in [2.45, 2.75) is 39.3 Å². The number of likely N-dealkylation sites (tertiary alicyclic amines) is 1. The van der Waals surface area contributed by atoms with Gasteiger partial charge in [-0.25, -0.2) is 10.6 Å². The van der Waals surface area contributed by atoms with Crippen molar-refractivity contribution in [2.24, 2.45) is 5.84 Å². The summed E-state index contributed by atoms with van der Waals surface area (Å²) in [7, 11) is 0. The van der Waals surface area contributed by atoms with Gasteiger partial charge in [0.1, 0.15) is 0 Å². The van der Waals surface area contributed by atoms with Gasteiger partial charge in [-0.05, 0) is 30.4 Å². The van der Waals surface area contributed by atoms with Gasteiger partial charge >= 0.3 is 6.03 Å². The van der Waals surface area contributed by atoms with Crippen molar-refractivity contribution in [3.05, 3.63) is 35.4 Å². The fourth-order valence-electron chi connectivity index (χ4n) is 2.52.